The average Bonchev–Trinajstić information content (AvgIpc) is 1.65. The van der Waals surface area contributed by atoms with E-state index in [0.29, 0.717) is 5.33 Å². The molecular formula is C4H8Br2O. The summed E-state index contributed by atoms with van der Waals surface area (Å²) < 4.78 is 0. The van der Waals surface area contributed by atoms with E-state index in [-0.39, 0.29) is 10.9 Å². The van der Waals surface area contributed by atoms with E-state index < -0.39 is 0 Å². The Labute approximate surface area is 60.4 Å². The standard InChI is InChI=1S/C4H8Br2O/c1-3(6)4(7)2-5/h3-4,7H,2H2,1H3. The van der Waals surface area contributed by atoms with Crippen LogP contribution in [-0.2, 0) is 0 Å². The van der Waals surface area contributed by atoms with Crippen molar-refractivity contribution in [2.75, 3.05) is 5.33 Å². The minimum absolute atomic E-state index is 0.187. The molecule has 0 rings (SSSR count). The first-order valence-electron chi connectivity index (χ1n) is 2.06. The summed E-state index contributed by atoms with van der Waals surface area (Å²) in [6.07, 6.45) is -0.264. The van der Waals surface area contributed by atoms with E-state index >= 15 is 0 Å². The molecule has 0 heterocycles. The number of alkyl halides is 2. The Morgan fingerprint density at radius 1 is 1.71 bits per heavy atom. The van der Waals surface area contributed by atoms with Crippen molar-refractivity contribution >= 4 is 31.9 Å². The number of rotatable bonds is 2. The zero-order chi connectivity index (χ0) is 5.86. The van der Waals surface area contributed by atoms with Gasteiger partial charge in [-0.25, -0.2) is 0 Å². The van der Waals surface area contributed by atoms with Gasteiger partial charge in [0.1, 0.15) is 0 Å². The van der Waals surface area contributed by atoms with Gasteiger partial charge in [-0.1, -0.05) is 38.8 Å². The zero-order valence-electron chi connectivity index (χ0n) is 4.06. The zero-order valence-corrected chi connectivity index (χ0v) is 7.24. The summed E-state index contributed by atoms with van der Waals surface area (Å²) in [5, 5.41) is 9.48. The Morgan fingerprint density at radius 2 is 2.14 bits per heavy atom. The molecule has 0 radical (unpaired) electrons. The molecule has 0 aromatic rings. The van der Waals surface area contributed by atoms with Gasteiger partial charge < -0.3 is 5.11 Å². The summed E-state index contributed by atoms with van der Waals surface area (Å²) in [7, 11) is 0. The summed E-state index contributed by atoms with van der Waals surface area (Å²) in [5.74, 6) is 0. The third-order valence-electron chi connectivity index (χ3n) is 0.688. The average molecular weight is 232 g/mol. The molecule has 0 aromatic heterocycles. The van der Waals surface area contributed by atoms with Crippen LogP contribution < -0.4 is 0 Å². The largest absolute Gasteiger partial charge is 0.391 e. The fourth-order valence-electron chi connectivity index (χ4n) is 0.123. The summed E-state index contributed by atoms with van der Waals surface area (Å²) >= 11 is 6.36. The van der Waals surface area contributed by atoms with E-state index in [0.717, 1.165) is 0 Å². The van der Waals surface area contributed by atoms with Gasteiger partial charge >= 0.3 is 0 Å². The lowest BCUT2D eigenvalue weighted by atomic mass is 10.3. The van der Waals surface area contributed by atoms with Crippen molar-refractivity contribution in [3.05, 3.63) is 0 Å². The first-order valence-corrected chi connectivity index (χ1v) is 4.10. The Hall–Kier alpha value is 0.920. The van der Waals surface area contributed by atoms with E-state index in [9.17, 15) is 0 Å². The van der Waals surface area contributed by atoms with E-state index in [1.807, 2.05) is 6.92 Å². The van der Waals surface area contributed by atoms with Crippen LogP contribution in [0.2, 0.25) is 0 Å². The fraction of sp³-hybridized carbons (Fsp3) is 1.00. The number of halogens is 2. The number of aliphatic hydroxyl groups excluding tert-OH is 1. The molecular weight excluding hydrogens is 224 g/mol. The van der Waals surface area contributed by atoms with Crippen LogP contribution in [0, 0.1) is 0 Å². The van der Waals surface area contributed by atoms with E-state index in [1.54, 1.807) is 0 Å². The fourth-order valence-corrected chi connectivity index (χ4v) is 1.37. The van der Waals surface area contributed by atoms with Crippen LogP contribution in [0.5, 0.6) is 0 Å². The lowest BCUT2D eigenvalue weighted by Gasteiger charge is -2.06. The van der Waals surface area contributed by atoms with Gasteiger partial charge in [-0.2, -0.15) is 0 Å². The van der Waals surface area contributed by atoms with Gasteiger partial charge in [0.2, 0.25) is 0 Å². The van der Waals surface area contributed by atoms with Crippen LogP contribution in [-0.4, -0.2) is 21.4 Å². The minimum atomic E-state index is -0.264. The maximum atomic E-state index is 8.84. The van der Waals surface area contributed by atoms with Crippen molar-refractivity contribution in [2.24, 2.45) is 0 Å². The Kier molecular flexibility index (Phi) is 4.37. The maximum absolute atomic E-state index is 8.84. The van der Waals surface area contributed by atoms with Crippen molar-refractivity contribution in [1.29, 1.82) is 0 Å². The molecule has 2 unspecified atom stereocenters. The van der Waals surface area contributed by atoms with Crippen molar-refractivity contribution in [2.45, 2.75) is 17.9 Å². The van der Waals surface area contributed by atoms with Gasteiger partial charge in [0.05, 0.1) is 6.10 Å². The van der Waals surface area contributed by atoms with Crippen LogP contribution in [0.15, 0.2) is 0 Å². The van der Waals surface area contributed by atoms with E-state index in [4.69, 9.17) is 5.11 Å². The summed E-state index contributed by atoms with van der Waals surface area (Å²) in [6.45, 7) is 1.91. The first kappa shape index (κ1) is 7.92. The highest BCUT2D eigenvalue weighted by atomic mass is 79.9. The quantitative estimate of drug-likeness (QED) is 0.715. The molecule has 0 aliphatic carbocycles. The molecule has 1 N–H and O–H groups in total. The summed E-state index contributed by atoms with van der Waals surface area (Å²) in [6, 6.07) is 0. The highest BCUT2D eigenvalue weighted by Gasteiger charge is 2.06. The Bertz CT molecular complexity index is 47.0. The molecule has 0 saturated carbocycles. The number of aliphatic hydroxyl groups is 1. The molecule has 7 heavy (non-hydrogen) atoms. The Morgan fingerprint density at radius 3 is 2.14 bits per heavy atom. The van der Waals surface area contributed by atoms with Crippen molar-refractivity contribution in [1.82, 2.24) is 0 Å². The van der Waals surface area contributed by atoms with Gasteiger partial charge in [0, 0.05) is 10.2 Å². The van der Waals surface area contributed by atoms with Gasteiger partial charge in [-0.05, 0) is 0 Å². The van der Waals surface area contributed by atoms with E-state index in [2.05, 4.69) is 31.9 Å². The van der Waals surface area contributed by atoms with Crippen LogP contribution in [0.1, 0.15) is 6.92 Å². The molecule has 0 saturated heterocycles. The van der Waals surface area contributed by atoms with Gasteiger partial charge in [0.15, 0.2) is 0 Å². The highest BCUT2D eigenvalue weighted by molar-refractivity contribution is 9.10. The Balaban J connectivity index is 3.14. The number of hydrogen-bond donors (Lipinski definition) is 1. The maximum Gasteiger partial charge on any atom is 0.0759 e. The monoisotopic (exact) mass is 230 g/mol. The molecule has 1 nitrogen and oxygen atoms in total. The second-order valence-electron chi connectivity index (χ2n) is 1.40. The molecule has 0 amide bonds. The molecule has 0 aliphatic rings. The van der Waals surface area contributed by atoms with E-state index in [1.165, 1.54) is 0 Å². The topological polar surface area (TPSA) is 20.2 Å². The molecule has 0 aliphatic heterocycles. The van der Waals surface area contributed by atoms with Crippen molar-refractivity contribution in [3.8, 4) is 0 Å². The van der Waals surface area contributed by atoms with Crippen LogP contribution in [0.4, 0.5) is 0 Å². The molecule has 0 aromatic carbocycles. The third kappa shape index (κ3) is 3.50. The third-order valence-corrected chi connectivity index (χ3v) is 1.96. The minimum Gasteiger partial charge on any atom is -0.391 e. The summed E-state index contributed by atoms with van der Waals surface area (Å²) in [4.78, 5) is 0.187. The predicted molar refractivity (Wildman–Crippen MR) is 38.2 cm³/mol. The second kappa shape index (κ2) is 3.87. The smallest absolute Gasteiger partial charge is 0.0759 e. The SMILES string of the molecule is CC(Br)C(O)CBr. The lowest BCUT2D eigenvalue weighted by Crippen LogP contribution is -2.17. The summed E-state index contributed by atoms with van der Waals surface area (Å²) in [5.41, 5.74) is 0. The van der Waals surface area contributed by atoms with Crippen LogP contribution >= 0.6 is 31.9 Å². The molecule has 0 spiro atoms. The predicted octanol–water partition coefficient (Wildman–Crippen LogP) is 1.53. The van der Waals surface area contributed by atoms with Gasteiger partial charge in [-0.15, -0.1) is 0 Å². The molecule has 2 atom stereocenters. The molecule has 44 valence electrons. The molecule has 0 bridgehead atoms. The number of hydrogen-bond acceptors (Lipinski definition) is 1. The van der Waals surface area contributed by atoms with Gasteiger partial charge in [-0.3, -0.25) is 0 Å². The highest BCUT2D eigenvalue weighted by Crippen LogP contribution is 2.05. The molecule has 0 fully saturated rings. The van der Waals surface area contributed by atoms with Crippen LogP contribution in [0.3, 0.4) is 0 Å². The van der Waals surface area contributed by atoms with Crippen molar-refractivity contribution in [3.63, 3.8) is 0 Å². The first-order chi connectivity index (χ1) is 3.18. The normalized spacial score (nSPS) is 18.9. The van der Waals surface area contributed by atoms with Gasteiger partial charge in [0.25, 0.3) is 0 Å². The lowest BCUT2D eigenvalue weighted by molar-refractivity contribution is 0.204. The van der Waals surface area contributed by atoms with Crippen molar-refractivity contribution < 1.29 is 5.11 Å². The molecule has 3 heteroatoms. The van der Waals surface area contributed by atoms with Crippen LogP contribution in [0.25, 0.3) is 0 Å². The second-order valence-corrected chi connectivity index (χ2v) is 3.49.